The third-order valence-corrected chi connectivity index (χ3v) is 4.16. The average molecular weight is 339 g/mol. The summed E-state index contributed by atoms with van der Waals surface area (Å²) in [7, 11) is 0. The molecule has 1 aromatic carbocycles. The first-order valence-corrected chi connectivity index (χ1v) is 7.66. The number of nitrogens with zero attached hydrogens (tertiary/aromatic N) is 2. The van der Waals surface area contributed by atoms with Gasteiger partial charge in [-0.1, -0.05) is 16.8 Å². The molecule has 1 aromatic heterocycles. The second kappa shape index (κ2) is 6.29. The Morgan fingerprint density at radius 3 is 2.87 bits per heavy atom. The first-order valence-electron chi connectivity index (χ1n) is 7.28. The normalized spacial score (nSPS) is 21.0. The molecule has 2 aromatic rings. The van der Waals surface area contributed by atoms with Crippen molar-refractivity contribution >= 4 is 17.5 Å². The standard InChI is InChI=1S/C16H16ClFN2O3/c1-9-2-14(23-19-9)5-11-7-20(8-15(11)21)16(22)10-3-12(17)6-13(18)4-10/h2-4,6,11,15,21H,5,7-8H2,1H3/t11-,15-/m1/s1. The van der Waals surface area contributed by atoms with Crippen molar-refractivity contribution in [2.75, 3.05) is 13.1 Å². The first kappa shape index (κ1) is 16.0. The summed E-state index contributed by atoms with van der Waals surface area (Å²) in [6.45, 7) is 2.39. The van der Waals surface area contributed by atoms with Gasteiger partial charge in [-0.15, -0.1) is 0 Å². The highest BCUT2D eigenvalue weighted by Gasteiger charge is 2.35. The molecule has 2 heterocycles. The molecule has 0 radical (unpaired) electrons. The van der Waals surface area contributed by atoms with Crippen LogP contribution >= 0.6 is 11.6 Å². The lowest BCUT2D eigenvalue weighted by atomic mass is 10.0. The highest BCUT2D eigenvalue weighted by molar-refractivity contribution is 6.31. The molecule has 7 heteroatoms. The van der Waals surface area contributed by atoms with E-state index in [4.69, 9.17) is 16.1 Å². The van der Waals surface area contributed by atoms with Crippen molar-refractivity contribution in [2.45, 2.75) is 19.4 Å². The monoisotopic (exact) mass is 338 g/mol. The number of hydrogen-bond donors (Lipinski definition) is 1. The van der Waals surface area contributed by atoms with Crippen molar-refractivity contribution in [3.63, 3.8) is 0 Å². The molecule has 122 valence electrons. The predicted molar refractivity (Wildman–Crippen MR) is 81.8 cm³/mol. The zero-order valence-corrected chi connectivity index (χ0v) is 13.3. The van der Waals surface area contributed by atoms with Gasteiger partial charge in [-0.05, 0) is 25.1 Å². The third-order valence-electron chi connectivity index (χ3n) is 3.94. The molecule has 5 nitrogen and oxygen atoms in total. The number of halogens is 2. The molecule has 0 spiro atoms. The number of aliphatic hydroxyl groups excluding tert-OH is 1. The molecule has 1 N–H and O–H groups in total. The maximum atomic E-state index is 13.4. The van der Waals surface area contributed by atoms with Gasteiger partial charge in [-0.3, -0.25) is 4.79 Å². The molecule has 1 aliphatic heterocycles. The van der Waals surface area contributed by atoms with Gasteiger partial charge < -0.3 is 14.5 Å². The number of aliphatic hydroxyl groups is 1. The first-order chi connectivity index (χ1) is 10.9. The molecule has 1 aliphatic rings. The van der Waals surface area contributed by atoms with Gasteiger partial charge in [0.05, 0.1) is 11.8 Å². The Morgan fingerprint density at radius 2 is 2.22 bits per heavy atom. The van der Waals surface area contributed by atoms with Crippen LogP contribution in [0.25, 0.3) is 0 Å². The number of amides is 1. The smallest absolute Gasteiger partial charge is 0.254 e. The van der Waals surface area contributed by atoms with Crippen molar-refractivity contribution in [1.29, 1.82) is 0 Å². The Balaban J connectivity index is 1.71. The van der Waals surface area contributed by atoms with Crippen LogP contribution in [-0.4, -0.2) is 40.3 Å². The minimum atomic E-state index is -0.659. The predicted octanol–water partition coefficient (Wildman–Crippen LogP) is 2.45. The van der Waals surface area contributed by atoms with E-state index in [0.717, 1.165) is 17.8 Å². The Kier molecular flexibility index (Phi) is 4.37. The quantitative estimate of drug-likeness (QED) is 0.933. The van der Waals surface area contributed by atoms with E-state index in [9.17, 15) is 14.3 Å². The Morgan fingerprint density at radius 1 is 1.43 bits per heavy atom. The fourth-order valence-electron chi connectivity index (χ4n) is 2.85. The van der Waals surface area contributed by atoms with Crippen LogP contribution in [0.15, 0.2) is 28.8 Å². The summed E-state index contributed by atoms with van der Waals surface area (Å²) in [6, 6.07) is 5.52. The van der Waals surface area contributed by atoms with Crippen molar-refractivity contribution in [2.24, 2.45) is 5.92 Å². The largest absolute Gasteiger partial charge is 0.391 e. The van der Waals surface area contributed by atoms with Crippen LogP contribution in [0.3, 0.4) is 0 Å². The van der Waals surface area contributed by atoms with Gasteiger partial charge in [0, 0.05) is 42.1 Å². The zero-order valence-electron chi connectivity index (χ0n) is 12.5. The molecule has 0 unspecified atom stereocenters. The van der Waals surface area contributed by atoms with E-state index in [1.807, 2.05) is 13.0 Å². The van der Waals surface area contributed by atoms with E-state index in [1.165, 1.54) is 11.0 Å². The van der Waals surface area contributed by atoms with Gasteiger partial charge in [0.2, 0.25) is 0 Å². The van der Waals surface area contributed by atoms with Gasteiger partial charge >= 0.3 is 0 Å². The Hall–Kier alpha value is -1.92. The minimum Gasteiger partial charge on any atom is -0.391 e. The summed E-state index contributed by atoms with van der Waals surface area (Å²) in [5, 5.41) is 14.2. The second-order valence-corrected chi connectivity index (χ2v) is 6.27. The molecule has 3 rings (SSSR count). The molecular formula is C16H16ClFN2O3. The number of benzene rings is 1. The molecule has 0 aliphatic carbocycles. The fraction of sp³-hybridized carbons (Fsp3) is 0.375. The number of aryl methyl sites for hydroxylation is 1. The molecule has 0 saturated carbocycles. The number of hydrogen-bond acceptors (Lipinski definition) is 4. The molecule has 1 saturated heterocycles. The number of carbonyl (C=O) groups excluding carboxylic acids is 1. The van der Waals surface area contributed by atoms with Crippen molar-refractivity contribution in [3.8, 4) is 0 Å². The van der Waals surface area contributed by atoms with Crippen LogP contribution in [-0.2, 0) is 6.42 Å². The van der Waals surface area contributed by atoms with E-state index in [-0.39, 0.29) is 29.0 Å². The summed E-state index contributed by atoms with van der Waals surface area (Å²) < 4.78 is 18.5. The Bertz CT molecular complexity index is 714. The molecule has 23 heavy (non-hydrogen) atoms. The highest BCUT2D eigenvalue weighted by Crippen LogP contribution is 2.24. The summed E-state index contributed by atoms with van der Waals surface area (Å²) in [6.07, 6.45) is -0.163. The lowest BCUT2D eigenvalue weighted by molar-refractivity contribution is 0.0764. The van der Waals surface area contributed by atoms with E-state index in [1.54, 1.807) is 0 Å². The Labute approximate surface area is 137 Å². The maximum absolute atomic E-state index is 13.4. The number of rotatable bonds is 3. The van der Waals surface area contributed by atoms with Crippen LogP contribution in [0.5, 0.6) is 0 Å². The summed E-state index contributed by atoms with van der Waals surface area (Å²) in [5.41, 5.74) is 0.952. The molecule has 0 bridgehead atoms. The van der Waals surface area contributed by atoms with Crippen LogP contribution in [0.2, 0.25) is 5.02 Å². The molecule has 1 amide bonds. The minimum absolute atomic E-state index is 0.143. The number of aromatic nitrogens is 1. The third kappa shape index (κ3) is 3.54. The van der Waals surface area contributed by atoms with Crippen LogP contribution in [0.4, 0.5) is 4.39 Å². The van der Waals surface area contributed by atoms with Crippen LogP contribution in [0.1, 0.15) is 21.8 Å². The molecule has 1 fully saturated rings. The van der Waals surface area contributed by atoms with Crippen molar-refractivity contribution in [3.05, 3.63) is 52.1 Å². The van der Waals surface area contributed by atoms with Crippen molar-refractivity contribution < 1.29 is 18.8 Å². The highest BCUT2D eigenvalue weighted by atomic mass is 35.5. The van der Waals surface area contributed by atoms with Crippen LogP contribution < -0.4 is 0 Å². The van der Waals surface area contributed by atoms with E-state index < -0.39 is 11.9 Å². The fourth-order valence-corrected chi connectivity index (χ4v) is 3.07. The lowest BCUT2D eigenvalue weighted by Gasteiger charge is -2.16. The van der Waals surface area contributed by atoms with Gasteiger partial charge in [0.25, 0.3) is 5.91 Å². The maximum Gasteiger partial charge on any atom is 0.254 e. The zero-order chi connectivity index (χ0) is 16.6. The van der Waals surface area contributed by atoms with Crippen molar-refractivity contribution in [1.82, 2.24) is 10.1 Å². The van der Waals surface area contributed by atoms with Gasteiger partial charge in [0.15, 0.2) is 0 Å². The van der Waals surface area contributed by atoms with Gasteiger partial charge in [-0.25, -0.2) is 4.39 Å². The topological polar surface area (TPSA) is 66.6 Å². The van der Waals surface area contributed by atoms with Gasteiger partial charge in [0.1, 0.15) is 11.6 Å². The SMILES string of the molecule is Cc1cc(C[C@@H]2CN(C(=O)c3cc(F)cc(Cl)c3)C[C@H]2O)on1. The molecular weight excluding hydrogens is 323 g/mol. The van der Waals surface area contributed by atoms with Crippen LogP contribution in [0, 0.1) is 18.7 Å². The second-order valence-electron chi connectivity index (χ2n) is 5.83. The number of β-amino-alcohol motifs (C(OH)–C–C–N with tert-alkyl or cyclic N) is 1. The van der Waals surface area contributed by atoms with E-state index in [0.29, 0.717) is 18.7 Å². The molecule has 2 atom stereocenters. The number of likely N-dealkylation sites (tertiary alicyclic amines) is 1. The average Bonchev–Trinajstić information content (AvgIpc) is 3.04. The van der Waals surface area contributed by atoms with E-state index >= 15 is 0 Å². The lowest BCUT2D eigenvalue weighted by Crippen LogP contribution is -2.29. The summed E-state index contributed by atoms with van der Waals surface area (Å²) in [4.78, 5) is 14.0. The van der Waals surface area contributed by atoms with E-state index in [2.05, 4.69) is 5.16 Å². The van der Waals surface area contributed by atoms with Gasteiger partial charge in [-0.2, -0.15) is 0 Å². The summed E-state index contributed by atoms with van der Waals surface area (Å²) in [5.74, 6) is -0.374. The summed E-state index contributed by atoms with van der Waals surface area (Å²) >= 11 is 5.79. The number of carbonyl (C=O) groups is 1.